The van der Waals surface area contributed by atoms with Gasteiger partial charge in [0, 0.05) is 0 Å². The Morgan fingerprint density at radius 3 is 2.43 bits per heavy atom. The summed E-state index contributed by atoms with van der Waals surface area (Å²) in [7, 11) is 0. The van der Waals surface area contributed by atoms with Crippen LogP contribution in [0.5, 0.6) is 5.75 Å². The van der Waals surface area contributed by atoms with Gasteiger partial charge in [-0.1, -0.05) is 6.07 Å². The Bertz CT molecular complexity index is 506. The third-order valence-corrected chi connectivity index (χ3v) is 2.63. The van der Waals surface area contributed by atoms with Gasteiger partial charge in [0.1, 0.15) is 17.4 Å². The van der Waals surface area contributed by atoms with Crippen molar-refractivity contribution in [1.82, 2.24) is 0 Å². The zero-order chi connectivity index (χ0) is 16.2. The highest BCUT2D eigenvalue weighted by Gasteiger charge is 2.33. The lowest BCUT2D eigenvalue weighted by atomic mass is 10.00. The molecule has 1 aromatic carbocycles. The van der Waals surface area contributed by atoms with Gasteiger partial charge in [-0.15, -0.1) is 13.2 Å². The second-order valence-electron chi connectivity index (χ2n) is 4.20. The molecule has 21 heavy (non-hydrogen) atoms. The summed E-state index contributed by atoms with van der Waals surface area (Å²) in [5, 5.41) is 28.2. The molecule has 0 bridgehead atoms. The van der Waals surface area contributed by atoms with E-state index in [4.69, 9.17) is 10.8 Å². The quantitative estimate of drug-likeness (QED) is 0.624. The summed E-state index contributed by atoms with van der Waals surface area (Å²) in [6.07, 6.45) is -7.85. The first-order valence-corrected chi connectivity index (χ1v) is 5.85. The van der Waals surface area contributed by atoms with E-state index in [0.29, 0.717) is 0 Å². The first-order chi connectivity index (χ1) is 9.65. The van der Waals surface area contributed by atoms with Crippen molar-refractivity contribution < 1.29 is 38.0 Å². The predicted octanol–water partition coefficient (Wildman–Crippen LogP) is 1.03. The van der Waals surface area contributed by atoms with E-state index in [-0.39, 0.29) is 18.5 Å². The van der Waals surface area contributed by atoms with Gasteiger partial charge in [0.05, 0.1) is 6.10 Å². The zero-order valence-electron chi connectivity index (χ0n) is 10.7. The highest BCUT2D eigenvalue weighted by molar-refractivity contribution is 5.91. The minimum absolute atomic E-state index is 0.0251. The molecule has 0 aromatic heterocycles. The van der Waals surface area contributed by atoms with Gasteiger partial charge in [0.2, 0.25) is 0 Å². The van der Waals surface area contributed by atoms with Crippen molar-refractivity contribution in [3.05, 3.63) is 29.3 Å². The molecule has 0 aliphatic rings. The van der Waals surface area contributed by atoms with Crippen molar-refractivity contribution >= 4 is 5.97 Å². The summed E-state index contributed by atoms with van der Waals surface area (Å²) in [6, 6.07) is 2.68. The third kappa shape index (κ3) is 4.88. The van der Waals surface area contributed by atoms with Gasteiger partial charge < -0.3 is 25.8 Å². The normalized spacial score (nSPS) is 14.6. The fraction of sp³-hybridized carbons (Fsp3) is 0.417. The number of benzene rings is 1. The molecule has 2 atom stereocenters. The Hall–Kier alpha value is -1.84. The first-order valence-electron chi connectivity index (χ1n) is 5.85. The maximum absolute atomic E-state index is 12.3. The van der Waals surface area contributed by atoms with Crippen molar-refractivity contribution in [3.63, 3.8) is 0 Å². The number of halogens is 3. The van der Waals surface area contributed by atoms with Gasteiger partial charge in [-0.05, 0) is 30.7 Å². The molecular weight excluding hydrogens is 295 g/mol. The first kappa shape index (κ1) is 17.2. The molecule has 1 rings (SSSR count). The second-order valence-corrected chi connectivity index (χ2v) is 4.20. The number of alkyl halides is 3. The van der Waals surface area contributed by atoms with Gasteiger partial charge in [-0.2, -0.15) is 0 Å². The number of ether oxygens (including phenoxy) is 1. The van der Waals surface area contributed by atoms with Crippen LogP contribution in [0, 0.1) is 0 Å². The van der Waals surface area contributed by atoms with Crippen LogP contribution in [0.3, 0.4) is 0 Å². The molecule has 118 valence electrons. The molecule has 1 aromatic rings. The second kappa shape index (κ2) is 6.74. The van der Waals surface area contributed by atoms with Crippen LogP contribution in [0.4, 0.5) is 13.2 Å². The van der Waals surface area contributed by atoms with E-state index in [1.165, 1.54) is 0 Å². The Morgan fingerprint density at radius 1 is 1.33 bits per heavy atom. The molecule has 5 N–H and O–H groups in total. The van der Waals surface area contributed by atoms with Crippen molar-refractivity contribution in [1.29, 1.82) is 0 Å². The molecular formula is C12H14F3NO5. The summed E-state index contributed by atoms with van der Waals surface area (Å²) < 4.78 is 40.4. The van der Waals surface area contributed by atoms with E-state index < -0.39 is 35.9 Å². The largest absolute Gasteiger partial charge is 0.573 e. The maximum Gasteiger partial charge on any atom is 0.573 e. The van der Waals surface area contributed by atoms with Crippen LogP contribution < -0.4 is 10.5 Å². The zero-order valence-corrected chi connectivity index (χ0v) is 10.7. The maximum atomic E-state index is 12.3. The number of aliphatic hydroxyl groups is 2. The van der Waals surface area contributed by atoms with E-state index >= 15 is 0 Å². The fourth-order valence-electron chi connectivity index (χ4n) is 1.66. The summed E-state index contributed by atoms with van der Waals surface area (Å²) in [5.41, 5.74) is 4.38. The lowest BCUT2D eigenvalue weighted by molar-refractivity contribution is -0.274. The average molecular weight is 309 g/mol. The van der Waals surface area contributed by atoms with Crippen molar-refractivity contribution in [2.75, 3.05) is 6.54 Å². The van der Waals surface area contributed by atoms with Crippen LogP contribution in [0.15, 0.2) is 18.2 Å². The number of nitrogens with two attached hydrogens (primary N) is 1. The van der Waals surface area contributed by atoms with E-state index in [1.54, 1.807) is 0 Å². The number of carboxylic acid groups (broad SMARTS) is 1. The molecule has 0 heterocycles. The number of aliphatic hydroxyl groups excluding tert-OH is 2. The van der Waals surface area contributed by atoms with Gasteiger partial charge in [-0.3, -0.25) is 0 Å². The number of carbonyl (C=O) groups is 1. The summed E-state index contributed by atoms with van der Waals surface area (Å²) in [6.45, 7) is 0.0668. The fourth-order valence-corrected chi connectivity index (χ4v) is 1.66. The minimum atomic E-state index is -5.08. The lowest BCUT2D eigenvalue weighted by Crippen LogP contribution is -2.23. The van der Waals surface area contributed by atoms with E-state index in [1.807, 2.05) is 0 Å². The summed E-state index contributed by atoms with van der Waals surface area (Å²) in [5.74, 6) is -2.58. The number of aromatic carboxylic acids is 1. The van der Waals surface area contributed by atoms with Gasteiger partial charge in [-0.25, -0.2) is 4.79 Å². The lowest BCUT2D eigenvalue weighted by Gasteiger charge is -2.19. The highest BCUT2D eigenvalue weighted by Crippen LogP contribution is 2.30. The van der Waals surface area contributed by atoms with Crippen LogP contribution in [-0.4, -0.2) is 40.3 Å². The molecule has 0 saturated carbocycles. The average Bonchev–Trinajstić information content (AvgIpc) is 2.35. The smallest absolute Gasteiger partial charge is 0.478 e. The summed E-state index contributed by atoms with van der Waals surface area (Å²) in [4.78, 5) is 10.8. The van der Waals surface area contributed by atoms with E-state index in [9.17, 15) is 28.2 Å². The van der Waals surface area contributed by atoms with Crippen LogP contribution >= 0.6 is 0 Å². The number of carboxylic acids is 1. The molecule has 9 heteroatoms. The van der Waals surface area contributed by atoms with Crippen LogP contribution in [0.1, 0.15) is 28.4 Å². The third-order valence-electron chi connectivity index (χ3n) is 2.63. The standard InChI is InChI=1S/C12H14F3NO5/c13-12(14,15)21-9-5-6(1-2-7(9)11(19)20)10(18)8(17)3-4-16/h1-2,5,8,10,17-18H,3-4,16H2,(H,19,20). The molecule has 0 amide bonds. The van der Waals surface area contributed by atoms with Gasteiger partial charge in [0.15, 0.2) is 0 Å². The topological polar surface area (TPSA) is 113 Å². The van der Waals surface area contributed by atoms with Gasteiger partial charge >= 0.3 is 12.3 Å². The van der Waals surface area contributed by atoms with Crippen LogP contribution in [0.2, 0.25) is 0 Å². The van der Waals surface area contributed by atoms with Crippen molar-refractivity contribution in [2.24, 2.45) is 5.73 Å². The summed E-state index contributed by atoms with van der Waals surface area (Å²) >= 11 is 0. The molecule has 0 saturated heterocycles. The minimum Gasteiger partial charge on any atom is -0.478 e. The van der Waals surface area contributed by atoms with E-state index in [2.05, 4.69) is 4.74 Å². The Balaban J connectivity index is 3.14. The Kier molecular flexibility index (Phi) is 5.53. The SMILES string of the molecule is NCCC(O)C(O)c1ccc(C(=O)O)c(OC(F)(F)F)c1. The van der Waals surface area contributed by atoms with Crippen LogP contribution in [-0.2, 0) is 0 Å². The monoisotopic (exact) mass is 309 g/mol. The molecule has 6 nitrogen and oxygen atoms in total. The number of hydrogen-bond acceptors (Lipinski definition) is 5. The molecule has 2 unspecified atom stereocenters. The Labute approximate surface area is 117 Å². The number of rotatable bonds is 6. The van der Waals surface area contributed by atoms with Crippen molar-refractivity contribution in [3.8, 4) is 5.75 Å². The molecule has 0 fully saturated rings. The van der Waals surface area contributed by atoms with Crippen molar-refractivity contribution in [2.45, 2.75) is 25.0 Å². The van der Waals surface area contributed by atoms with Gasteiger partial charge in [0.25, 0.3) is 0 Å². The molecule has 0 radical (unpaired) electrons. The van der Waals surface area contributed by atoms with Crippen LogP contribution in [0.25, 0.3) is 0 Å². The molecule has 0 spiro atoms. The molecule has 0 aliphatic heterocycles. The molecule has 0 aliphatic carbocycles. The highest BCUT2D eigenvalue weighted by atomic mass is 19.4. The van der Waals surface area contributed by atoms with E-state index in [0.717, 1.165) is 18.2 Å². The predicted molar refractivity (Wildman–Crippen MR) is 64.7 cm³/mol. The number of hydrogen-bond donors (Lipinski definition) is 4. The Morgan fingerprint density at radius 2 is 1.95 bits per heavy atom.